The van der Waals surface area contributed by atoms with Crippen molar-refractivity contribution in [2.45, 2.75) is 26.7 Å². The minimum Gasteiger partial charge on any atom is -0.379 e. The van der Waals surface area contributed by atoms with Crippen LogP contribution in [0.1, 0.15) is 26.7 Å². The topological polar surface area (TPSA) is 18.5 Å². The molecule has 6 heteroatoms. The van der Waals surface area contributed by atoms with Crippen molar-refractivity contribution >= 4 is 56.4 Å². The molecule has 0 saturated heterocycles. The van der Waals surface area contributed by atoms with Gasteiger partial charge >= 0.3 is 0 Å². The van der Waals surface area contributed by atoms with E-state index in [9.17, 15) is 0 Å². The summed E-state index contributed by atoms with van der Waals surface area (Å²) in [6, 6.07) is 0. The Morgan fingerprint density at radius 2 is 1.17 bits per heavy atom. The van der Waals surface area contributed by atoms with Crippen LogP contribution < -0.4 is 0 Å². The summed E-state index contributed by atoms with van der Waals surface area (Å²) >= 11 is 13.8. The SMILES string of the molecule is CCSC(=S)CCOCCOCCC(=S)SCC. The Balaban J connectivity index is 3.16. The number of hydrogen-bond donors (Lipinski definition) is 0. The monoisotopic (exact) mass is 326 g/mol. The zero-order valence-electron chi connectivity index (χ0n) is 11.1. The lowest BCUT2D eigenvalue weighted by Crippen LogP contribution is -2.08. The Hall–Kier alpha value is 0.800. The fourth-order valence-electron chi connectivity index (χ4n) is 1.10. The highest BCUT2D eigenvalue weighted by Gasteiger charge is 1.98. The van der Waals surface area contributed by atoms with Crippen LogP contribution in [0.5, 0.6) is 0 Å². The molecule has 0 amide bonds. The Labute approximate surface area is 130 Å². The molecule has 0 radical (unpaired) electrons. The summed E-state index contributed by atoms with van der Waals surface area (Å²) in [6.07, 6.45) is 1.70. The van der Waals surface area contributed by atoms with E-state index in [1.165, 1.54) is 0 Å². The largest absolute Gasteiger partial charge is 0.379 e. The van der Waals surface area contributed by atoms with Crippen LogP contribution in [0.15, 0.2) is 0 Å². The van der Waals surface area contributed by atoms with E-state index in [1.54, 1.807) is 23.5 Å². The van der Waals surface area contributed by atoms with Crippen molar-refractivity contribution in [2.75, 3.05) is 37.9 Å². The van der Waals surface area contributed by atoms with E-state index in [0.29, 0.717) is 26.4 Å². The molecule has 0 aliphatic rings. The van der Waals surface area contributed by atoms with Crippen LogP contribution in [0.3, 0.4) is 0 Å². The van der Waals surface area contributed by atoms with Crippen LogP contribution >= 0.6 is 48.0 Å². The maximum absolute atomic E-state index is 5.44. The van der Waals surface area contributed by atoms with E-state index in [2.05, 4.69) is 13.8 Å². The van der Waals surface area contributed by atoms with E-state index >= 15 is 0 Å². The Morgan fingerprint density at radius 1 is 0.778 bits per heavy atom. The molecule has 0 spiro atoms. The molecule has 0 heterocycles. The van der Waals surface area contributed by atoms with Gasteiger partial charge in [-0.1, -0.05) is 38.3 Å². The molecule has 0 atom stereocenters. The fraction of sp³-hybridized carbons (Fsp3) is 0.833. The zero-order chi connectivity index (χ0) is 13.6. The molecule has 0 N–H and O–H groups in total. The number of thioether (sulfide) groups is 2. The van der Waals surface area contributed by atoms with Gasteiger partial charge in [0.25, 0.3) is 0 Å². The third kappa shape index (κ3) is 13.2. The highest BCUT2D eigenvalue weighted by molar-refractivity contribution is 8.23. The molecular weight excluding hydrogens is 304 g/mol. The fourth-order valence-corrected chi connectivity index (χ4v) is 3.07. The molecule has 106 valence electrons. The quantitative estimate of drug-likeness (QED) is 0.419. The average molecular weight is 327 g/mol. The standard InChI is InChI=1S/C12H22O2S4/c1-3-17-11(15)5-7-13-9-10-14-8-6-12(16)18-4-2/h3-10H2,1-2H3. The molecule has 0 aromatic heterocycles. The lowest BCUT2D eigenvalue weighted by atomic mass is 10.5. The molecule has 0 saturated carbocycles. The highest BCUT2D eigenvalue weighted by atomic mass is 32.2. The first kappa shape index (κ1) is 18.8. The predicted octanol–water partition coefficient (Wildman–Crippen LogP) is 3.96. The van der Waals surface area contributed by atoms with Gasteiger partial charge in [0.05, 0.1) is 34.8 Å². The molecule has 0 unspecified atom stereocenters. The summed E-state index contributed by atoms with van der Waals surface area (Å²) in [7, 11) is 0. The number of rotatable bonds is 11. The van der Waals surface area contributed by atoms with Crippen molar-refractivity contribution in [3.05, 3.63) is 0 Å². The third-order valence-corrected chi connectivity index (χ3v) is 4.63. The Kier molecular flexibility index (Phi) is 14.8. The minimum atomic E-state index is 0.632. The van der Waals surface area contributed by atoms with Gasteiger partial charge in [0.2, 0.25) is 0 Å². The van der Waals surface area contributed by atoms with E-state index in [-0.39, 0.29) is 0 Å². The van der Waals surface area contributed by atoms with Gasteiger partial charge in [-0.2, -0.15) is 0 Å². The van der Waals surface area contributed by atoms with Gasteiger partial charge in [0.1, 0.15) is 0 Å². The van der Waals surface area contributed by atoms with Crippen LogP contribution in [0.2, 0.25) is 0 Å². The summed E-state index contributed by atoms with van der Waals surface area (Å²) in [6.45, 7) is 6.86. The number of ether oxygens (including phenoxy) is 2. The van der Waals surface area contributed by atoms with Gasteiger partial charge in [-0.05, 0) is 11.5 Å². The molecule has 0 aromatic carbocycles. The molecule has 2 nitrogen and oxygen atoms in total. The molecule has 18 heavy (non-hydrogen) atoms. The second-order valence-corrected chi connectivity index (χ2v) is 7.55. The molecule has 0 fully saturated rings. The van der Waals surface area contributed by atoms with Crippen LogP contribution in [0.25, 0.3) is 0 Å². The van der Waals surface area contributed by atoms with E-state index in [0.717, 1.165) is 32.7 Å². The Morgan fingerprint density at radius 3 is 1.50 bits per heavy atom. The van der Waals surface area contributed by atoms with Gasteiger partial charge in [-0.25, -0.2) is 0 Å². The lowest BCUT2D eigenvalue weighted by molar-refractivity contribution is 0.0536. The third-order valence-electron chi connectivity index (χ3n) is 1.88. The minimum absolute atomic E-state index is 0.632. The van der Waals surface area contributed by atoms with Crippen LogP contribution in [0, 0.1) is 0 Å². The number of hydrogen-bond acceptors (Lipinski definition) is 6. The second-order valence-electron chi connectivity index (χ2n) is 3.33. The summed E-state index contributed by atoms with van der Waals surface area (Å²) < 4.78 is 12.9. The van der Waals surface area contributed by atoms with E-state index < -0.39 is 0 Å². The van der Waals surface area contributed by atoms with Crippen molar-refractivity contribution in [1.82, 2.24) is 0 Å². The first-order valence-electron chi connectivity index (χ1n) is 6.17. The zero-order valence-corrected chi connectivity index (χ0v) is 14.4. The van der Waals surface area contributed by atoms with Gasteiger partial charge in [0.15, 0.2) is 0 Å². The summed E-state index contributed by atoms with van der Waals surface area (Å²) in [5, 5.41) is 0. The maximum atomic E-state index is 5.44. The summed E-state index contributed by atoms with van der Waals surface area (Å²) in [5.74, 6) is 2.08. The van der Waals surface area contributed by atoms with E-state index in [4.69, 9.17) is 33.9 Å². The molecule has 0 aromatic rings. The van der Waals surface area contributed by atoms with Gasteiger partial charge in [-0.3, -0.25) is 0 Å². The predicted molar refractivity (Wildman–Crippen MR) is 92.3 cm³/mol. The van der Waals surface area contributed by atoms with Crippen LogP contribution in [-0.2, 0) is 9.47 Å². The lowest BCUT2D eigenvalue weighted by Gasteiger charge is -2.06. The van der Waals surface area contributed by atoms with Crippen molar-refractivity contribution in [1.29, 1.82) is 0 Å². The molecule has 0 aliphatic heterocycles. The molecule has 0 bridgehead atoms. The van der Waals surface area contributed by atoms with Crippen molar-refractivity contribution < 1.29 is 9.47 Å². The number of thiocarbonyl (C=S) groups is 2. The Bertz CT molecular complexity index is 210. The van der Waals surface area contributed by atoms with Gasteiger partial charge < -0.3 is 9.47 Å². The summed E-state index contributed by atoms with van der Waals surface area (Å²) in [4.78, 5) is 0. The van der Waals surface area contributed by atoms with Crippen molar-refractivity contribution in [3.8, 4) is 0 Å². The van der Waals surface area contributed by atoms with Gasteiger partial charge in [0, 0.05) is 12.8 Å². The summed E-state index contributed by atoms with van der Waals surface area (Å²) in [5.41, 5.74) is 0. The smallest absolute Gasteiger partial charge is 0.0700 e. The van der Waals surface area contributed by atoms with Crippen molar-refractivity contribution in [2.24, 2.45) is 0 Å². The van der Waals surface area contributed by atoms with Crippen LogP contribution in [0.4, 0.5) is 0 Å². The first-order valence-corrected chi connectivity index (χ1v) is 8.96. The van der Waals surface area contributed by atoms with Crippen molar-refractivity contribution in [3.63, 3.8) is 0 Å². The van der Waals surface area contributed by atoms with Gasteiger partial charge in [-0.15, -0.1) is 23.5 Å². The second kappa shape index (κ2) is 14.2. The average Bonchev–Trinajstić information content (AvgIpc) is 2.33. The normalized spacial score (nSPS) is 10.6. The maximum Gasteiger partial charge on any atom is 0.0700 e. The molecular formula is C12H22O2S4. The van der Waals surface area contributed by atoms with E-state index in [1.807, 2.05) is 0 Å². The molecule has 0 aliphatic carbocycles. The highest BCUT2D eigenvalue weighted by Crippen LogP contribution is 2.07. The first-order chi connectivity index (χ1) is 8.70. The molecule has 0 rings (SSSR count). The van der Waals surface area contributed by atoms with Crippen LogP contribution in [-0.4, -0.2) is 46.3 Å².